The summed E-state index contributed by atoms with van der Waals surface area (Å²) >= 11 is 0. The molecule has 2 fully saturated rings. The van der Waals surface area contributed by atoms with Crippen molar-refractivity contribution in [3.05, 3.63) is 53.6 Å². The molecule has 3 aromatic rings. The lowest BCUT2D eigenvalue weighted by molar-refractivity contribution is 0.0736. The number of benzene rings is 1. The zero-order valence-corrected chi connectivity index (χ0v) is 16.5. The first-order valence-corrected chi connectivity index (χ1v) is 10.1. The van der Waals surface area contributed by atoms with Crippen molar-refractivity contribution in [1.29, 1.82) is 0 Å². The van der Waals surface area contributed by atoms with Crippen LogP contribution >= 0.6 is 0 Å². The van der Waals surface area contributed by atoms with Gasteiger partial charge in [-0.25, -0.2) is 23.1 Å². The van der Waals surface area contributed by atoms with Crippen LogP contribution in [0.4, 0.5) is 24.8 Å². The first-order chi connectivity index (χ1) is 15.0. The lowest BCUT2D eigenvalue weighted by Crippen LogP contribution is -2.49. The summed E-state index contributed by atoms with van der Waals surface area (Å²) in [5.41, 5.74) is 0.660. The molecule has 0 spiro atoms. The number of halogens is 3. The molecule has 1 saturated heterocycles. The molecule has 1 aromatic carbocycles. The summed E-state index contributed by atoms with van der Waals surface area (Å²) in [5.74, 6) is -2.91. The third-order valence-electron chi connectivity index (χ3n) is 5.45. The Morgan fingerprint density at radius 3 is 2.39 bits per heavy atom. The fourth-order valence-corrected chi connectivity index (χ4v) is 3.66. The molecule has 1 saturated carbocycles. The van der Waals surface area contributed by atoms with Gasteiger partial charge in [-0.3, -0.25) is 9.78 Å². The third kappa shape index (κ3) is 3.85. The van der Waals surface area contributed by atoms with Gasteiger partial charge in [-0.2, -0.15) is 0 Å². The Hall–Kier alpha value is -3.43. The Morgan fingerprint density at radius 1 is 1.00 bits per heavy atom. The van der Waals surface area contributed by atoms with Crippen LogP contribution in [0.5, 0.6) is 0 Å². The number of carbonyl (C=O) groups is 1. The maximum absolute atomic E-state index is 14.0. The van der Waals surface area contributed by atoms with Crippen molar-refractivity contribution in [2.24, 2.45) is 0 Å². The lowest BCUT2D eigenvalue weighted by Gasteiger charge is -2.36. The number of amides is 1. The number of nitrogens with one attached hydrogen (secondary N) is 1. The van der Waals surface area contributed by atoms with Gasteiger partial charge in [-0.15, -0.1) is 0 Å². The highest BCUT2D eigenvalue weighted by atomic mass is 19.1. The fourth-order valence-electron chi connectivity index (χ4n) is 3.66. The van der Waals surface area contributed by atoms with Gasteiger partial charge in [0, 0.05) is 50.6 Å². The van der Waals surface area contributed by atoms with E-state index in [9.17, 15) is 18.0 Å². The van der Waals surface area contributed by atoms with Gasteiger partial charge in [0.2, 0.25) is 0 Å². The molecule has 0 atom stereocenters. The predicted octanol–water partition coefficient (Wildman–Crippen LogP) is 2.98. The van der Waals surface area contributed by atoms with Crippen molar-refractivity contribution in [2.75, 3.05) is 36.4 Å². The number of hydrogen-bond donors (Lipinski definition) is 1. The Kier molecular flexibility index (Phi) is 4.84. The molecule has 0 radical (unpaired) electrons. The van der Waals surface area contributed by atoms with E-state index in [1.807, 2.05) is 4.90 Å². The highest BCUT2D eigenvalue weighted by Crippen LogP contribution is 2.31. The topological polar surface area (TPSA) is 74.2 Å². The van der Waals surface area contributed by atoms with E-state index in [2.05, 4.69) is 10.3 Å². The van der Waals surface area contributed by atoms with Crippen molar-refractivity contribution in [2.45, 2.75) is 18.9 Å². The molecule has 10 heteroatoms. The molecule has 0 unspecified atom stereocenters. The quantitative estimate of drug-likeness (QED) is 0.689. The second kappa shape index (κ2) is 7.68. The second-order valence-electron chi connectivity index (χ2n) is 7.70. The Morgan fingerprint density at radius 2 is 1.71 bits per heavy atom. The van der Waals surface area contributed by atoms with Crippen LogP contribution in [0.15, 0.2) is 30.6 Å². The normalized spacial score (nSPS) is 16.6. The molecule has 3 heterocycles. The van der Waals surface area contributed by atoms with Gasteiger partial charge in [0.05, 0.1) is 11.7 Å². The number of carbonyl (C=O) groups excluding carboxylic acids is 1. The Bertz CT molecular complexity index is 1140. The van der Waals surface area contributed by atoms with Crippen molar-refractivity contribution in [3.63, 3.8) is 0 Å². The Balaban J connectivity index is 1.37. The monoisotopic (exact) mass is 428 g/mol. The fraction of sp³-hybridized carbons (Fsp3) is 0.333. The molecule has 0 bridgehead atoms. The largest absolute Gasteiger partial charge is 0.364 e. The zero-order chi connectivity index (χ0) is 21.5. The van der Waals surface area contributed by atoms with Gasteiger partial charge in [0.1, 0.15) is 28.5 Å². The Labute approximate surface area is 175 Å². The van der Waals surface area contributed by atoms with Crippen LogP contribution in [0, 0.1) is 17.5 Å². The van der Waals surface area contributed by atoms with E-state index in [1.165, 1.54) is 4.90 Å². The van der Waals surface area contributed by atoms with Gasteiger partial charge < -0.3 is 15.1 Å². The maximum atomic E-state index is 14.0. The van der Waals surface area contributed by atoms with Gasteiger partial charge >= 0.3 is 0 Å². The predicted molar refractivity (Wildman–Crippen MR) is 108 cm³/mol. The number of aromatic nitrogens is 3. The van der Waals surface area contributed by atoms with Crippen molar-refractivity contribution < 1.29 is 18.0 Å². The second-order valence-corrected chi connectivity index (χ2v) is 7.70. The highest BCUT2D eigenvalue weighted by Gasteiger charge is 2.30. The summed E-state index contributed by atoms with van der Waals surface area (Å²) in [6.07, 6.45) is 5.46. The number of anilines is 2. The summed E-state index contributed by atoms with van der Waals surface area (Å²) in [7, 11) is 0. The average molecular weight is 428 g/mol. The highest BCUT2D eigenvalue weighted by molar-refractivity contribution is 5.95. The molecule has 2 aliphatic rings. The summed E-state index contributed by atoms with van der Waals surface area (Å²) in [6, 6.07) is 3.20. The number of fused-ring (bicyclic) bond motifs is 1. The minimum Gasteiger partial charge on any atom is -0.364 e. The van der Waals surface area contributed by atoms with Crippen LogP contribution in [0.2, 0.25) is 0 Å². The van der Waals surface area contributed by atoms with E-state index < -0.39 is 28.9 Å². The molecule has 1 aliphatic heterocycles. The lowest BCUT2D eigenvalue weighted by atomic mass is 10.1. The van der Waals surface area contributed by atoms with Crippen LogP contribution in [0.3, 0.4) is 0 Å². The standard InChI is InChI=1S/C21H19F3N6O/c22-12-9-14(23)18(15(24)10-12)21(31)30-7-5-29(6-8-30)20-19(26-13-1-2-13)27-16-3-4-25-11-17(16)28-20/h3-4,9-11,13H,1-2,5-8H2,(H,26,27). The number of piperazine rings is 1. The number of rotatable bonds is 4. The van der Waals surface area contributed by atoms with Crippen LogP contribution in [0.1, 0.15) is 23.2 Å². The van der Waals surface area contributed by atoms with Gasteiger partial charge in [-0.1, -0.05) is 0 Å². The van der Waals surface area contributed by atoms with Crippen LogP contribution in [0.25, 0.3) is 11.0 Å². The molecule has 1 N–H and O–H groups in total. The van der Waals surface area contributed by atoms with E-state index in [1.54, 1.807) is 18.5 Å². The average Bonchev–Trinajstić information content (AvgIpc) is 3.57. The summed E-state index contributed by atoms with van der Waals surface area (Å²) < 4.78 is 41.2. The van der Waals surface area contributed by atoms with E-state index in [-0.39, 0.29) is 13.1 Å². The molecular weight excluding hydrogens is 409 g/mol. The molecule has 5 rings (SSSR count). The van der Waals surface area contributed by atoms with Crippen molar-refractivity contribution in [3.8, 4) is 0 Å². The van der Waals surface area contributed by atoms with Crippen molar-refractivity contribution >= 4 is 28.6 Å². The van der Waals surface area contributed by atoms with Crippen LogP contribution < -0.4 is 10.2 Å². The first-order valence-electron chi connectivity index (χ1n) is 10.1. The molecule has 1 aliphatic carbocycles. The molecule has 1 amide bonds. The van der Waals surface area contributed by atoms with E-state index >= 15 is 0 Å². The van der Waals surface area contributed by atoms with Crippen LogP contribution in [-0.4, -0.2) is 58.0 Å². The first kappa shape index (κ1) is 19.5. The third-order valence-corrected chi connectivity index (χ3v) is 5.45. The van der Waals surface area contributed by atoms with E-state index in [0.717, 1.165) is 18.4 Å². The van der Waals surface area contributed by atoms with E-state index in [0.29, 0.717) is 48.4 Å². The van der Waals surface area contributed by atoms with Gasteiger partial charge in [0.25, 0.3) is 5.91 Å². The number of nitrogens with zero attached hydrogens (tertiary/aromatic N) is 5. The smallest absolute Gasteiger partial charge is 0.259 e. The minimum absolute atomic E-state index is 0.241. The molecule has 2 aromatic heterocycles. The van der Waals surface area contributed by atoms with Gasteiger partial charge in [-0.05, 0) is 18.9 Å². The molecular formula is C21H19F3N6O. The molecule has 31 heavy (non-hydrogen) atoms. The van der Waals surface area contributed by atoms with Gasteiger partial charge in [0.15, 0.2) is 11.6 Å². The summed E-state index contributed by atoms with van der Waals surface area (Å²) in [6.45, 7) is 1.31. The molecule has 160 valence electrons. The minimum atomic E-state index is -1.20. The summed E-state index contributed by atoms with van der Waals surface area (Å²) in [4.78, 5) is 29.5. The number of pyridine rings is 1. The maximum Gasteiger partial charge on any atom is 0.259 e. The summed E-state index contributed by atoms with van der Waals surface area (Å²) in [5, 5.41) is 3.40. The van der Waals surface area contributed by atoms with E-state index in [4.69, 9.17) is 9.97 Å². The SMILES string of the molecule is O=C(c1c(F)cc(F)cc1F)N1CCN(c2nc3cnccc3nc2NC2CC2)CC1. The van der Waals surface area contributed by atoms with Crippen LogP contribution in [-0.2, 0) is 0 Å². The zero-order valence-electron chi connectivity index (χ0n) is 16.5. The number of hydrogen-bond acceptors (Lipinski definition) is 6. The molecule has 7 nitrogen and oxygen atoms in total. The van der Waals surface area contributed by atoms with Crippen molar-refractivity contribution in [1.82, 2.24) is 19.9 Å².